The van der Waals surface area contributed by atoms with Gasteiger partial charge in [0, 0.05) is 40.7 Å². The van der Waals surface area contributed by atoms with Crippen LogP contribution in [0.3, 0.4) is 0 Å². The summed E-state index contributed by atoms with van der Waals surface area (Å²) in [6, 6.07) is 8.54. The van der Waals surface area contributed by atoms with Gasteiger partial charge in [-0.25, -0.2) is 0 Å². The molecule has 0 aromatic heterocycles. The standard InChI is InChI=1S/C15H21BrN2OS/c1-17-11-12-5-4-9-18(12)15(19)8-10-20-14-7-3-2-6-13(14)16/h2-3,6-7,12,17H,4-5,8-11H2,1H3. The van der Waals surface area contributed by atoms with Gasteiger partial charge in [0.15, 0.2) is 0 Å². The summed E-state index contributed by atoms with van der Waals surface area (Å²) < 4.78 is 1.10. The van der Waals surface area contributed by atoms with E-state index in [0.29, 0.717) is 18.4 Å². The monoisotopic (exact) mass is 356 g/mol. The normalized spacial score (nSPS) is 18.5. The molecule has 0 aliphatic carbocycles. The molecule has 2 rings (SSSR count). The van der Waals surface area contributed by atoms with Crippen molar-refractivity contribution >= 4 is 33.6 Å². The van der Waals surface area contributed by atoms with Gasteiger partial charge in [-0.3, -0.25) is 4.79 Å². The van der Waals surface area contributed by atoms with Crippen LogP contribution in [0.25, 0.3) is 0 Å². The molecule has 110 valence electrons. The molecule has 1 saturated heterocycles. The van der Waals surface area contributed by atoms with Gasteiger partial charge in [-0.2, -0.15) is 0 Å². The molecule has 1 aromatic carbocycles. The molecule has 20 heavy (non-hydrogen) atoms. The van der Waals surface area contributed by atoms with E-state index >= 15 is 0 Å². The molecule has 1 fully saturated rings. The number of nitrogens with zero attached hydrogens (tertiary/aromatic N) is 1. The zero-order valence-electron chi connectivity index (χ0n) is 11.8. The number of nitrogens with one attached hydrogen (secondary N) is 1. The van der Waals surface area contributed by atoms with Crippen molar-refractivity contribution in [2.75, 3.05) is 25.9 Å². The molecule has 0 spiro atoms. The van der Waals surface area contributed by atoms with Gasteiger partial charge in [-0.1, -0.05) is 12.1 Å². The van der Waals surface area contributed by atoms with E-state index in [9.17, 15) is 4.79 Å². The van der Waals surface area contributed by atoms with Crippen molar-refractivity contribution in [2.24, 2.45) is 0 Å². The van der Waals surface area contributed by atoms with E-state index in [0.717, 1.165) is 36.2 Å². The molecular formula is C15H21BrN2OS. The van der Waals surface area contributed by atoms with Crippen molar-refractivity contribution in [3.63, 3.8) is 0 Å². The second kappa shape index (κ2) is 8.05. The minimum Gasteiger partial charge on any atom is -0.338 e. The van der Waals surface area contributed by atoms with Gasteiger partial charge >= 0.3 is 0 Å². The van der Waals surface area contributed by atoms with Crippen molar-refractivity contribution < 1.29 is 4.79 Å². The Bertz CT molecular complexity index is 455. The molecule has 0 radical (unpaired) electrons. The van der Waals surface area contributed by atoms with Crippen LogP contribution in [0.2, 0.25) is 0 Å². The van der Waals surface area contributed by atoms with Crippen molar-refractivity contribution in [2.45, 2.75) is 30.2 Å². The molecule has 1 aliphatic rings. The molecule has 0 bridgehead atoms. The van der Waals surface area contributed by atoms with Crippen LogP contribution in [0.15, 0.2) is 33.6 Å². The van der Waals surface area contributed by atoms with E-state index in [-0.39, 0.29) is 0 Å². The van der Waals surface area contributed by atoms with Gasteiger partial charge in [0.2, 0.25) is 5.91 Å². The van der Waals surface area contributed by atoms with Gasteiger partial charge in [0.05, 0.1) is 0 Å². The Balaban J connectivity index is 1.79. The lowest BCUT2D eigenvalue weighted by molar-refractivity contribution is -0.131. The van der Waals surface area contributed by atoms with Gasteiger partial charge in [-0.05, 0) is 48.0 Å². The zero-order valence-corrected chi connectivity index (χ0v) is 14.2. The first-order chi connectivity index (χ1) is 9.72. The molecule has 1 unspecified atom stereocenters. The first-order valence-corrected chi connectivity index (χ1v) is 8.81. The fourth-order valence-electron chi connectivity index (χ4n) is 2.57. The minimum absolute atomic E-state index is 0.294. The fourth-order valence-corrected chi connectivity index (χ4v) is 4.07. The predicted molar refractivity (Wildman–Crippen MR) is 88.1 cm³/mol. The number of rotatable bonds is 6. The van der Waals surface area contributed by atoms with Crippen LogP contribution in [-0.2, 0) is 4.79 Å². The third-order valence-corrected chi connectivity index (χ3v) is 5.58. The van der Waals surface area contributed by atoms with E-state index in [1.165, 1.54) is 4.90 Å². The van der Waals surface area contributed by atoms with Gasteiger partial charge in [0.1, 0.15) is 0 Å². The number of hydrogen-bond donors (Lipinski definition) is 1. The summed E-state index contributed by atoms with van der Waals surface area (Å²) in [4.78, 5) is 15.5. The molecule has 1 amide bonds. The predicted octanol–water partition coefficient (Wildman–Crippen LogP) is 3.14. The van der Waals surface area contributed by atoms with E-state index in [1.54, 1.807) is 11.8 Å². The Hall–Kier alpha value is -0.520. The molecule has 5 heteroatoms. The molecule has 0 saturated carbocycles. The number of carbonyl (C=O) groups excluding carboxylic acids is 1. The summed E-state index contributed by atoms with van der Waals surface area (Å²) in [5.41, 5.74) is 0. The highest BCUT2D eigenvalue weighted by Gasteiger charge is 2.27. The Morgan fingerprint density at radius 2 is 2.30 bits per heavy atom. The third-order valence-electron chi connectivity index (χ3n) is 3.55. The lowest BCUT2D eigenvalue weighted by Crippen LogP contribution is -2.40. The van der Waals surface area contributed by atoms with Gasteiger partial charge < -0.3 is 10.2 Å². The second-order valence-electron chi connectivity index (χ2n) is 4.97. The largest absolute Gasteiger partial charge is 0.338 e. The lowest BCUT2D eigenvalue weighted by Gasteiger charge is -2.24. The summed E-state index contributed by atoms with van der Waals surface area (Å²) in [6.45, 7) is 1.83. The van der Waals surface area contributed by atoms with Crippen LogP contribution in [-0.4, -0.2) is 42.7 Å². The number of halogens is 1. The number of likely N-dealkylation sites (tertiary alicyclic amines) is 1. The second-order valence-corrected chi connectivity index (χ2v) is 6.96. The summed E-state index contributed by atoms with van der Waals surface area (Å²) in [5.74, 6) is 1.13. The molecule has 1 N–H and O–H groups in total. The Morgan fingerprint density at radius 3 is 3.05 bits per heavy atom. The van der Waals surface area contributed by atoms with E-state index in [1.807, 2.05) is 25.2 Å². The van der Waals surface area contributed by atoms with Crippen molar-refractivity contribution in [3.8, 4) is 0 Å². The topological polar surface area (TPSA) is 32.3 Å². The summed E-state index contributed by atoms with van der Waals surface area (Å²) in [6.07, 6.45) is 2.88. The number of hydrogen-bond acceptors (Lipinski definition) is 3. The molecule has 1 atom stereocenters. The van der Waals surface area contributed by atoms with E-state index in [2.05, 4.69) is 32.2 Å². The smallest absolute Gasteiger partial charge is 0.223 e. The number of thioether (sulfide) groups is 1. The van der Waals surface area contributed by atoms with Gasteiger partial charge in [-0.15, -0.1) is 11.8 Å². The molecule has 1 aromatic rings. The van der Waals surface area contributed by atoms with Crippen LogP contribution >= 0.6 is 27.7 Å². The average molecular weight is 357 g/mol. The first kappa shape index (κ1) is 15.9. The van der Waals surface area contributed by atoms with E-state index in [4.69, 9.17) is 0 Å². The number of likely N-dealkylation sites (N-methyl/N-ethyl adjacent to an activating group) is 1. The minimum atomic E-state index is 0.294. The average Bonchev–Trinajstić information content (AvgIpc) is 2.89. The maximum absolute atomic E-state index is 12.3. The fraction of sp³-hybridized carbons (Fsp3) is 0.533. The molecule has 1 heterocycles. The van der Waals surface area contributed by atoms with Crippen molar-refractivity contribution in [1.82, 2.24) is 10.2 Å². The zero-order chi connectivity index (χ0) is 14.4. The Morgan fingerprint density at radius 1 is 1.50 bits per heavy atom. The maximum atomic E-state index is 12.3. The Kier molecular flexibility index (Phi) is 6.39. The van der Waals surface area contributed by atoms with Crippen LogP contribution in [0.4, 0.5) is 0 Å². The van der Waals surface area contributed by atoms with Crippen molar-refractivity contribution in [1.29, 1.82) is 0 Å². The Labute approximate surface area is 133 Å². The number of benzene rings is 1. The third kappa shape index (κ3) is 4.24. The maximum Gasteiger partial charge on any atom is 0.223 e. The molecular weight excluding hydrogens is 336 g/mol. The summed E-state index contributed by atoms with van der Waals surface area (Å²) in [5, 5.41) is 3.18. The van der Waals surface area contributed by atoms with Crippen molar-refractivity contribution in [3.05, 3.63) is 28.7 Å². The molecule has 1 aliphatic heterocycles. The SMILES string of the molecule is CNCC1CCCN1C(=O)CCSc1ccccc1Br. The summed E-state index contributed by atoms with van der Waals surface area (Å²) >= 11 is 5.27. The first-order valence-electron chi connectivity index (χ1n) is 7.03. The van der Waals surface area contributed by atoms with Crippen LogP contribution in [0.1, 0.15) is 19.3 Å². The lowest BCUT2D eigenvalue weighted by atomic mass is 10.2. The van der Waals surface area contributed by atoms with Crippen LogP contribution in [0.5, 0.6) is 0 Å². The summed E-state index contributed by atoms with van der Waals surface area (Å²) in [7, 11) is 1.95. The van der Waals surface area contributed by atoms with E-state index < -0.39 is 0 Å². The number of amides is 1. The number of carbonyl (C=O) groups is 1. The highest BCUT2D eigenvalue weighted by molar-refractivity contribution is 9.10. The van der Waals surface area contributed by atoms with Crippen LogP contribution < -0.4 is 5.32 Å². The highest BCUT2D eigenvalue weighted by atomic mass is 79.9. The molecule has 3 nitrogen and oxygen atoms in total. The quantitative estimate of drug-likeness (QED) is 0.794. The highest BCUT2D eigenvalue weighted by Crippen LogP contribution is 2.28. The van der Waals surface area contributed by atoms with Crippen LogP contribution in [0, 0.1) is 0 Å². The van der Waals surface area contributed by atoms with Gasteiger partial charge in [0.25, 0.3) is 0 Å².